The van der Waals surface area contributed by atoms with Crippen LogP contribution in [0.15, 0.2) is 35.1 Å². The number of hydrazone groups is 1. The van der Waals surface area contributed by atoms with Gasteiger partial charge in [-0.25, -0.2) is 5.43 Å². The highest BCUT2D eigenvalue weighted by Gasteiger charge is 2.27. The first-order valence-corrected chi connectivity index (χ1v) is 9.98. The minimum absolute atomic E-state index is 0.240. The number of nitrogens with one attached hydrogen (secondary N) is 1. The monoisotopic (exact) mass is 410 g/mol. The van der Waals surface area contributed by atoms with E-state index in [0.717, 1.165) is 39.3 Å². The van der Waals surface area contributed by atoms with Crippen molar-refractivity contribution >= 4 is 40.1 Å². The van der Waals surface area contributed by atoms with Gasteiger partial charge in [-0.3, -0.25) is 4.79 Å². The average Bonchev–Trinajstić information content (AvgIpc) is 3.35. The van der Waals surface area contributed by atoms with Gasteiger partial charge in [0, 0.05) is 30.7 Å². The summed E-state index contributed by atoms with van der Waals surface area (Å²) in [5.41, 5.74) is 6.32. The van der Waals surface area contributed by atoms with Gasteiger partial charge in [0.15, 0.2) is 0 Å². The number of amides is 1. The molecule has 29 heavy (non-hydrogen) atoms. The Balaban J connectivity index is 1.78. The first-order chi connectivity index (χ1) is 14.0. The molecule has 0 unspecified atom stereocenters. The lowest BCUT2D eigenvalue weighted by atomic mass is 10.0. The second-order valence-electron chi connectivity index (χ2n) is 7.14. The Morgan fingerprint density at radius 2 is 2.17 bits per heavy atom. The minimum atomic E-state index is -0.240. The Morgan fingerprint density at radius 3 is 2.90 bits per heavy atom. The van der Waals surface area contributed by atoms with Gasteiger partial charge < -0.3 is 14.2 Å². The van der Waals surface area contributed by atoms with Crippen LogP contribution < -0.4 is 10.2 Å². The third kappa shape index (κ3) is 3.66. The molecule has 0 saturated carbocycles. The van der Waals surface area contributed by atoms with Crippen molar-refractivity contribution in [2.75, 3.05) is 27.2 Å². The number of carbonyl (C=O) groups is 1. The van der Waals surface area contributed by atoms with E-state index in [1.54, 1.807) is 0 Å². The predicted octanol–water partition coefficient (Wildman–Crippen LogP) is 2.20. The SMILES string of the molecule is Cc1nnsc1C1=NNC(=O)/C1=C\c1cn(C)c2cccc(OCCN(C)C)c12. The molecule has 1 aromatic carbocycles. The van der Waals surface area contributed by atoms with Gasteiger partial charge in [-0.2, -0.15) is 5.10 Å². The zero-order valence-electron chi connectivity index (χ0n) is 16.8. The average molecular weight is 411 g/mol. The molecule has 3 aromatic rings. The fourth-order valence-electron chi connectivity index (χ4n) is 3.26. The molecule has 150 valence electrons. The summed E-state index contributed by atoms with van der Waals surface area (Å²) in [5, 5.41) is 9.22. The van der Waals surface area contributed by atoms with Crippen molar-refractivity contribution in [2.45, 2.75) is 6.92 Å². The third-order valence-corrected chi connectivity index (χ3v) is 5.57. The van der Waals surface area contributed by atoms with Crippen LogP contribution in [-0.4, -0.2) is 57.9 Å². The standard InChI is InChI=1S/C20H22N6O2S/c1-12-19(29-24-21-12)18-14(20(27)23-22-18)10-13-11-26(4)15-6-5-7-16(17(13)15)28-9-8-25(2)3/h5-7,10-11H,8-9H2,1-4H3,(H,23,27)/b14-10-. The Hall–Kier alpha value is -3.04. The molecule has 1 aliphatic heterocycles. The molecule has 2 aromatic heterocycles. The number of hydrogen-bond donors (Lipinski definition) is 1. The fourth-order valence-corrected chi connectivity index (χ4v) is 3.92. The van der Waals surface area contributed by atoms with Crippen LogP contribution in [0.2, 0.25) is 0 Å². The second kappa shape index (κ2) is 7.76. The van der Waals surface area contributed by atoms with E-state index in [1.807, 2.05) is 63.1 Å². The summed E-state index contributed by atoms with van der Waals surface area (Å²) >= 11 is 1.23. The molecule has 1 aliphatic rings. The van der Waals surface area contributed by atoms with Crippen molar-refractivity contribution in [2.24, 2.45) is 12.1 Å². The van der Waals surface area contributed by atoms with Gasteiger partial charge in [0.2, 0.25) is 0 Å². The number of nitrogens with zero attached hydrogens (tertiary/aromatic N) is 5. The second-order valence-corrected chi connectivity index (χ2v) is 7.90. The Kier molecular flexibility index (Phi) is 5.16. The number of rotatable bonds is 6. The lowest BCUT2D eigenvalue weighted by Gasteiger charge is -2.12. The molecular formula is C20H22N6O2S. The van der Waals surface area contributed by atoms with Crippen LogP contribution in [-0.2, 0) is 11.8 Å². The number of benzene rings is 1. The molecule has 0 fully saturated rings. The number of carbonyl (C=O) groups excluding carboxylic acids is 1. The highest BCUT2D eigenvalue weighted by molar-refractivity contribution is 7.08. The molecule has 3 heterocycles. The van der Waals surface area contributed by atoms with Crippen LogP contribution in [0.5, 0.6) is 5.75 Å². The number of aryl methyl sites for hydroxylation is 2. The van der Waals surface area contributed by atoms with Gasteiger partial charge in [0.05, 0.1) is 21.7 Å². The van der Waals surface area contributed by atoms with E-state index in [2.05, 4.69) is 25.0 Å². The number of likely N-dealkylation sites (N-methyl/N-ethyl adjacent to an activating group) is 1. The summed E-state index contributed by atoms with van der Waals surface area (Å²) in [7, 11) is 6.01. The largest absolute Gasteiger partial charge is 0.492 e. The van der Waals surface area contributed by atoms with Gasteiger partial charge in [0.1, 0.15) is 18.1 Å². The summed E-state index contributed by atoms with van der Waals surface area (Å²) in [5.74, 6) is 0.556. The van der Waals surface area contributed by atoms with E-state index < -0.39 is 0 Å². The molecular weight excluding hydrogens is 388 g/mol. The van der Waals surface area contributed by atoms with E-state index in [9.17, 15) is 4.79 Å². The quantitative estimate of drug-likeness (QED) is 0.630. The zero-order valence-corrected chi connectivity index (χ0v) is 17.6. The van der Waals surface area contributed by atoms with E-state index in [4.69, 9.17) is 4.74 Å². The first-order valence-electron chi connectivity index (χ1n) is 9.20. The highest BCUT2D eigenvalue weighted by Crippen LogP contribution is 2.33. The van der Waals surface area contributed by atoms with Crippen LogP contribution in [0.25, 0.3) is 17.0 Å². The summed E-state index contributed by atoms with van der Waals surface area (Å²) in [6, 6.07) is 5.98. The molecule has 0 atom stereocenters. The van der Waals surface area contributed by atoms with E-state index in [-0.39, 0.29) is 5.91 Å². The molecule has 0 radical (unpaired) electrons. The molecule has 1 N–H and O–H groups in total. The van der Waals surface area contributed by atoms with Gasteiger partial charge >= 0.3 is 0 Å². The molecule has 9 heteroatoms. The van der Waals surface area contributed by atoms with Crippen molar-refractivity contribution in [3.8, 4) is 5.75 Å². The number of aromatic nitrogens is 3. The molecule has 0 bridgehead atoms. The molecule has 0 spiro atoms. The van der Waals surface area contributed by atoms with Crippen molar-refractivity contribution in [1.82, 2.24) is 24.5 Å². The molecule has 0 saturated heterocycles. The maximum atomic E-state index is 12.5. The Labute approximate surface area is 172 Å². The number of hydrogen-bond acceptors (Lipinski definition) is 7. The summed E-state index contributed by atoms with van der Waals surface area (Å²) < 4.78 is 12.1. The van der Waals surface area contributed by atoms with Crippen LogP contribution in [0, 0.1) is 6.92 Å². The zero-order chi connectivity index (χ0) is 20.5. The number of ether oxygens (including phenoxy) is 1. The van der Waals surface area contributed by atoms with Crippen molar-refractivity contribution in [3.63, 3.8) is 0 Å². The van der Waals surface area contributed by atoms with Crippen LogP contribution in [0.4, 0.5) is 0 Å². The summed E-state index contributed by atoms with van der Waals surface area (Å²) in [4.78, 5) is 15.4. The predicted molar refractivity (Wildman–Crippen MR) is 114 cm³/mol. The van der Waals surface area contributed by atoms with Crippen LogP contribution in [0.3, 0.4) is 0 Å². The van der Waals surface area contributed by atoms with E-state index in [0.29, 0.717) is 17.9 Å². The summed E-state index contributed by atoms with van der Waals surface area (Å²) in [6.07, 6.45) is 3.86. The van der Waals surface area contributed by atoms with E-state index >= 15 is 0 Å². The van der Waals surface area contributed by atoms with Crippen molar-refractivity contribution in [3.05, 3.63) is 46.1 Å². The molecule has 8 nitrogen and oxygen atoms in total. The van der Waals surface area contributed by atoms with Crippen molar-refractivity contribution < 1.29 is 9.53 Å². The molecule has 4 rings (SSSR count). The maximum Gasteiger partial charge on any atom is 0.273 e. The lowest BCUT2D eigenvalue weighted by Crippen LogP contribution is -2.19. The van der Waals surface area contributed by atoms with Crippen LogP contribution >= 0.6 is 11.5 Å². The minimum Gasteiger partial charge on any atom is -0.492 e. The third-order valence-electron chi connectivity index (χ3n) is 4.74. The lowest BCUT2D eigenvalue weighted by molar-refractivity contribution is -0.116. The fraction of sp³-hybridized carbons (Fsp3) is 0.300. The molecule has 0 aliphatic carbocycles. The topological polar surface area (TPSA) is 84.6 Å². The first kappa shape index (κ1) is 19.3. The van der Waals surface area contributed by atoms with Crippen molar-refractivity contribution in [1.29, 1.82) is 0 Å². The normalized spacial score (nSPS) is 15.4. The van der Waals surface area contributed by atoms with Crippen LogP contribution in [0.1, 0.15) is 16.1 Å². The van der Waals surface area contributed by atoms with E-state index in [1.165, 1.54) is 11.5 Å². The van der Waals surface area contributed by atoms with Gasteiger partial charge in [0.25, 0.3) is 5.91 Å². The van der Waals surface area contributed by atoms with Gasteiger partial charge in [-0.1, -0.05) is 10.6 Å². The maximum absolute atomic E-state index is 12.5. The Bertz CT molecular complexity index is 1140. The smallest absolute Gasteiger partial charge is 0.273 e. The highest BCUT2D eigenvalue weighted by atomic mass is 32.1. The van der Waals surface area contributed by atoms with Gasteiger partial charge in [-0.05, 0) is 50.8 Å². The molecule has 1 amide bonds. The summed E-state index contributed by atoms with van der Waals surface area (Å²) in [6.45, 7) is 3.25. The number of fused-ring (bicyclic) bond motifs is 1. The van der Waals surface area contributed by atoms with Gasteiger partial charge in [-0.15, -0.1) is 5.10 Å². The Morgan fingerprint density at radius 1 is 1.34 bits per heavy atom.